The molecule has 3 aromatic heterocycles. The van der Waals surface area contributed by atoms with E-state index in [0.29, 0.717) is 28.3 Å². The average molecular weight is 335 g/mol. The summed E-state index contributed by atoms with van der Waals surface area (Å²) in [7, 11) is -4.15. The van der Waals surface area contributed by atoms with Gasteiger partial charge in [-0.2, -0.15) is 8.42 Å². The maximum absolute atomic E-state index is 11.1. The number of nitrogen functional groups attached to an aromatic ring is 1. The first-order valence-corrected chi connectivity index (χ1v) is 8.70. The maximum atomic E-state index is 11.1. The summed E-state index contributed by atoms with van der Waals surface area (Å²) in [6.07, 6.45) is 1.68. The van der Waals surface area contributed by atoms with Crippen molar-refractivity contribution >= 4 is 38.0 Å². The molecule has 0 aliphatic heterocycles. The molecule has 0 radical (unpaired) electrons. The third-order valence-corrected chi connectivity index (χ3v) is 4.03. The van der Waals surface area contributed by atoms with Gasteiger partial charge < -0.3 is 10.3 Å². The Bertz CT molecular complexity index is 994. The number of hydrogen-bond acceptors (Lipinski definition) is 6. The van der Waals surface area contributed by atoms with Crippen LogP contribution >= 0.6 is 0 Å². The number of fused-ring (bicyclic) bond motifs is 3. The van der Waals surface area contributed by atoms with E-state index in [1.165, 1.54) is 6.07 Å². The predicted molar refractivity (Wildman–Crippen MR) is 87.3 cm³/mol. The monoisotopic (exact) mass is 335 g/mol. The van der Waals surface area contributed by atoms with Gasteiger partial charge in [0.15, 0.2) is 5.82 Å². The minimum atomic E-state index is -4.15. The Labute approximate surface area is 133 Å². The lowest BCUT2D eigenvalue weighted by Gasteiger charge is -2.10. The zero-order chi connectivity index (χ0) is 16.8. The summed E-state index contributed by atoms with van der Waals surface area (Å²) >= 11 is 0. The number of imidazole rings is 1. The molecule has 23 heavy (non-hydrogen) atoms. The highest BCUT2D eigenvalue weighted by atomic mass is 32.2. The fourth-order valence-electron chi connectivity index (χ4n) is 2.56. The molecule has 0 saturated carbocycles. The molecule has 3 aromatic rings. The zero-order valence-corrected chi connectivity index (χ0v) is 13.6. The lowest BCUT2D eigenvalue weighted by atomic mass is 10.2. The Morgan fingerprint density at radius 3 is 2.65 bits per heavy atom. The third-order valence-electron chi connectivity index (χ3n) is 3.37. The first-order valence-electron chi connectivity index (χ1n) is 7.09. The van der Waals surface area contributed by atoms with Gasteiger partial charge in [0.2, 0.25) is 0 Å². The molecule has 0 atom stereocenters. The molecular formula is C14H17N5O3S. The van der Waals surface area contributed by atoms with Crippen molar-refractivity contribution in [1.82, 2.24) is 19.5 Å². The normalized spacial score (nSPS) is 12.5. The molecule has 0 amide bonds. The second-order valence-electron chi connectivity index (χ2n) is 5.88. The molecule has 0 aliphatic carbocycles. The number of nitrogens with two attached hydrogens (primary N) is 1. The van der Waals surface area contributed by atoms with E-state index >= 15 is 0 Å². The van der Waals surface area contributed by atoms with Crippen molar-refractivity contribution in [3.63, 3.8) is 0 Å². The predicted octanol–water partition coefficient (Wildman–Crippen LogP) is 1.61. The van der Waals surface area contributed by atoms with Crippen molar-refractivity contribution in [3.05, 3.63) is 24.2 Å². The fraction of sp³-hybridized carbons (Fsp3) is 0.357. The van der Waals surface area contributed by atoms with Crippen LogP contribution in [-0.2, 0) is 22.4 Å². The van der Waals surface area contributed by atoms with Crippen molar-refractivity contribution in [2.45, 2.75) is 26.1 Å². The van der Waals surface area contributed by atoms with Crippen LogP contribution in [-0.4, -0.2) is 32.5 Å². The molecule has 3 heterocycles. The first kappa shape index (κ1) is 15.6. The van der Waals surface area contributed by atoms with Gasteiger partial charge in [-0.05, 0) is 18.1 Å². The van der Waals surface area contributed by atoms with Crippen LogP contribution < -0.4 is 5.73 Å². The number of nitrogens with zero attached hydrogens (tertiary/aromatic N) is 4. The molecular weight excluding hydrogens is 318 g/mol. The van der Waals surface area contributed by atoms with Gasteiger partial charge in [0.05, 0.1) is 17.5 Å². The standard InChI is InChI=1S/C14H17N5O3S/c1-8(2)5-19-7-16-12-13(19)11-10(18-14(12)15)4-3-9(17-11)6-23(20,21)22/h3-4,7-8H,5-6H2,1-2H3,(H2,15,18)(H,20,21,22). The topological polar surface area (TPSA) is 124 Å². The highest BCUT2D eigenvalue weighted by Gasteiger charge is 2.16. The Kier molecular flexibility index (Phi) is 3.69. The lowest BCUT2D eigenvalue weighted by Crippen LogP contribution is -2.06. The van der Waals surface area contributed by atoms with Crippen LogP contribution in [0.1, 0.15) is 19.5 Å². The van der Waals surface area contributed by atoms with E-state index in [1.54, 1.807) is 12.4 Å². The highest BCUT2D eigenvalue weighted by molar-refractivity contribution is 7.85. The quantitative estimate of drug-likeness (QED) is 0.694. The van der Waals surface area contributed by atoms with E-state index in [4.69, 9.17) is 10.3 Å². The Morgan fingerprint density at radius 2 is 2.00 bits per heavy atom. The van der Waals surface area contributed by atoms with Crippen molar-refractivity contribution in [1.29, 1.82) is 0 Å². The smallest absolute Gasteiger partial charge is 0.270 e. The molecule has 3 N–H and O–H groups in total. The summed E-state index contributed by atoms with van der Waals surface area (Å²) in [5, 5.41) is 0. The SMILES string of the molecule is CC(C)Cn1cnc2c(N)nc3ccc(CS(=O)(=O)O)nc3c21. The molecule has 8 nitrogen and oxygen atoms in total. The number of pyridine rings is 2. The number of aromatic nitrogens is 4. The van der Waals surface area contributed by atoms with E-state index in [1.807, 2.05) is 4.57 Å². The van der Waals surface area contributed by atoms with Gasteiger partial charge in [0.1, 0.15) is 22.3 Å². The van der Waals surface area contributed by atoms with Crippen molar-refractivity contribution in [2.75, 3.05) is 5.73 Å². The highest BCUT2D eigenvalue weighted by Crippen LogP contribution is 2.26. The number of anilines is 1. The fourth-order valence-corrected chi connectivity index (χ4v) is 3.09. The van der Waals surface area contributed by atoms with Crippen molar-refractivity contribution in [2.24, 2.45) is 5.92 Å². The van der Waals surface area contributed by atoms with Crippen LogP contribution in [0.5, 0.6) is 0 Å². The van der Waals surface area contributed by atoms with Gasteiger partial charge in [-0.15, -0.1) is 0 Å². The molecule has 0 unspecified atom stereocenters. The molecule has 0 aromatic carbocycles. The van der Waals surface area contributed by atoms with Crippen LogP contribution in [0, 0.1) is 5.92 Å². The Balaban J connectivity index is 2.29. The third kappa shape index (κ3) is 3.10. The van der Waals surface area contributed by atoms with E-state index in [2.05, 4.69) is 28.8 Å². The Morgan fingerprint density at radius 1 is 1.26 bits per heavy atom. The molecule has 122 valence electrons. The van der Waals surface area contributed by atoms with Gasteiger partial charge in [0.25, 0.3) is 10.1 Å². The second kappa shape index (κ2) is 5.43. The largest absolute Gasteiger partial charge is 0.382 e. The van der Waals surface area contributed by atoms with Gasteiger partial charge in [-0.25, -0.2) is 15.0 Å². The van der Waals surface area contributed by atoms with Crippen LogP contribution in [0.25, 0.3) is 22.1 Å². The first-order chi connectivity index (χ1) is 10.7. The Hall–Kier alpha value is -2.26. The molecule has 0 bridgehead atoms. The molecule has 0 saturated heterocycles. The molecule has 0 aliphatic rings. The van der Waals surface area contributed by atoms with E-state index in [9.17, 15) is 8.42 Å². The second-order valence-corrected chi connectivity index (χ2v) is 7.33. The minimum Gasteiger partial charge on any atom is -0.382 e. The summed E-state index contributed by atoms with van der Waals surface area (Å²) in [6.45, 7) is 4.88. The van der Waals surface area contributed by atoms with Gasteiger partial charge >= 0.3 is 0 Å². The van der Waals surface area contributed by atoms with E-state index < -0.39 is 15.9 Å². The zero-order valence-electron chi connectivity index (χ0n) is 12.8. The van der Waals surface area contributed by atoms with E-state index in [0.717, 1.165) is 12.1 Å². The average Bonchev–Trinajstić information content (AvgIpc) is 2.82. The number of rotatable bonds is 4. The lowest BCUT2D eigenvalue weighted by molar-refractivity contribution is 0.481. The summed E-state index contributed by atoms with van der Waals surface area (Å²) < 4.78 is 33.1. The molecule has 3 rings (SSSR count). The molecule has 9 heteroatoms. The molecule has 0 spiro atoms. The summed E-state index contributed by atoms with van der Waals surface area (Å²) in [4.78, 5) is 12.9. The molecule has 0 fully saturated rings. The number of hydrogen-bond donors (Lipinski definition) is 2. The van der Waals surface area contributed by atoms with Crippen LogP contribution in [0.3, 0.4) is 0 Å². The van der Waals surface area contributed by atoms with Gasteiger partial charge in [-0.3, -0.25) is 4.55 Å². The minimum absolute atomic E-state index is 0.241. The van der Waals surface area contributed by atoms with Gasteiger partial charge in [-0.1, -0.05) is 13.8 Å². The summed E-state index contributed by atoms with van der Waals surface area (Å²) in [6, 6.07) is 3.16. The van der Waals surface area contributed by atoms with Crippen LogP contribution in [0.15, 0.2) is 18.5 Å². The summed E-state index contributed by atoms with van der Waals surface area (Å²) in [5.41, 5.74) is 8.53. The van der Waals surface area contributed by atoms with Crippen molar-refractivity contribution in [3.8, 4) is 0 Å². The van der Waals surface area contributed by atoms with Crippen LogP contribution in [0.2, 0.25) is 0 Å². The van der Waals surface area contributed by atoms with Crippen LogP contribution in [0.4, 0.5) is 5.82 Å². The van der Waals surface area contributed by atoms with Crippen molar-refractivity contribution < 1.29 is 13.0 Å². The van der Waals surface area contributed by atoms with Gasteiger partial charge in [0, 0.05) is 6.54 Å². The van der Waals surface area contributed by atoms with E-state index in [-0.39, 0.29) is 5.69 Å². The maximum Gasteiger partial charge on any atom is 0.270 e. The summed E-state index contributed by atoms with van der Waals surface area (Å²) in [5.74, 6) is 0.143.